The Balaban J connectivity index is 1.78. The molecule has 116 valence electrons. The molecule has 2 aromatic rings. The van der Waals surface area contributed by atoms with E-state index in [1.54, 1.807) is 0 Å². The van der Waals surface area contributed by atoms with Crippen LogP contribution in [0.25, 0.3) is 10.6 Å². The van der Waals surface area contributed by atoms with Crippen molar-refractivity contribution in [2.24, 2.45) is 0 Å². The molecule has 0 saturated heterocycles. The standard InChI is InChI=1S/C16H19N3O2S/c1-10-5-6-12(11(2)9-10)13-18-19-15(22-13)17-14(20)16(21)7-3-4-8-16/h5-6,9,21H,3-4,7-8H2,1-2H3,(H,17,19,20). The summed E-state index contributed by atoms with van der Waals surface area (Å²) in [7, 11) is 0. The van der Waals surface area contributed by atoms with Crippen molar-refractivity contribution in [3.05, 3.63) is 29.3 Å². The minimum Gasteiger partial charge on any atom is -0.380 e. The van der Waals surface area contributed by atoms with Crippen LogP contribution in [0, 0.1) is 13.8 Å². The van der Waals surface area contributed by atoms with Gasteiger partial charge in [-0.25, -0.2) is 0 Å². The van der Waals surface area contributed by atoms with E-state index >= 15 is 0 Å². The minimum absolute atomic E-state index is 0.367. The first-order valence-electron chi connectivity index (χ1n) is 7.43. The highest BCUT2D eigenvalue weighted by atomic mass is 32.1. The number of rotatable bonds is 3. The molecule has 5 nitrogen and oxygen atoms in total. The van der Waals surface area contributed by atoms with Crippen molar-refractivity contribution >= 4 is 22.4 Å². The van der Waals surface area contributed by atoms with E-state index in [1.165, 1.54) is 16.9 Å². The van der Waals surface area contributed by atoms with Crippen LogP contribution in [0.3, 0.4) is 0 Å². The molecule has 1 saturated carbocycles. The highest BCUT2D eigenvalue weighted by Gasteiger charge is 2.39. The predicted octanol–water partition coefficient (Wildman–Crippen LogP) is 3.07. The third-order valence-corrected chi connectivity index (χ3v) is 4.98. The van der Waals surface area contributed by atoms with E-state index in [2.05, 4.69) is 21.6 Å². The van der Waals surface area contributed by atoms with Crippen molar-refractivity contribution in [3.63, 3.8) is 0 Å². The summed E-state index contributed by atoms with van der Waals surface area (Å²) in [5.74, 6) is -0.367. The average Bonchev–Trinajstić information content (AvgIpc) is 3.09. The summed E-state index contributed by atoms with van der Waals surface area (Å²) in [6, 6.07) is 6.14. The SMILES string of the molecule is Cc1ccc(-c2nnc(NC(=O)C3(O)CCCC3)s2)c(C)c1. The lowest BCUT2D eigenvalue weighted by molar-refractivity contribution is -0.133. The molecule has 1 amide bonds. The van der Waals surface area contributed by atoms with Crippen molar-refractivity contribution in [2.45, 2.75) is 45.1 Å². The molecule has 0 unspecified atom stereocenters. The summed E-state index contributed by atoms with van der Waals surface area (Å²) in [4.78, 5) is 12.2. The molecule has 2 N–H and O–H groups in total. The summed E-state index contributed by atoms with van der Waals surface area (Å²) in [5.41, 5.74) is 2.10. The van der Waals surface area contributed by atoms with Crippen LogP contribution in [-0.2, 0) is 4.79 Å². The molecule has 1 aliphatic rings. The fourth-order valence-electron chi connectivity index (χ4n) is 2.84. The fourth-order valence-corrected chi connectivity index (χ4v) is 3.67. The van der Waals surface area contributed by atoms with E-state index in [1.807, 2.05) is 26.0 Å². The van der Waals surface area contributed by atoms with E-state index in [9.17, 15) is 9.90 Å². The number of nitrogens with one attached hydrogen (secondary N) is 1. The number of benzene rings is 1. The van der Waals surface area contributed by atoms with Gasteiger partial charge in [-0.2, -0.15) is 0 Å². The van der Waals surface area contributed by atoms with Gasteiger partial charge in [-0.05, 0) is 45.1 Å². The molecule has 1 aliphatic carbocycles. The molecule has 1 aromatic carbocycles. The highest BCUT2D eigenvalue weighted by Crippen LogP contribution is 2.33. The number of hydrogen-bond donors (Lipinski definition) is 2. The van der Waals surface area contributed by atoms with Crippen molar-refractivity contribution in [3.8, 4) is 10.6 Å². The van der Waals surface area contributed by atoms with Crippen LogP contribution in [0.2, 0.25) is 0 Å². The van der Waals surface area contributed by atoms with Gasteiger partial charge in [0.1, 0.15) is 10.6 Å². The molecule has 1 heterocycles. The number of aryl methyl sites for hydroxylation is 2. The molecular formula is C16H19N3O2S. The second kappa shape index (κ2) is 5.78. The third kappa shape index (κ3) is 2.89. The number of amides is 1. The lowest BCUT2D eigenvalue weighted by atomic mass is 10.0. The van der Waals surface area contributed by atoms with Gasteiger partial charge in [-0.1, -0.05) is 35.1 Å². The van der Waals surface area contributed by atoms with Crippen molar-refractivity contribution in [1.29, 1.82) is 0 Å². The molecule has 0 bridgehead atoms. The van der Waals surface area contributed by atoms with E-state index in [-0.39, 0.29) is 5.91 Å². The predicted molar refractivity (Wildman–Crippen MR) is 86.9 cm³/mol. The molecule has 1 fully saturated rings. The van der Waals surface area contributed by atoms with Crippen molar-refractivity contribution in [2.75, 3.05) is 5.32 Å². The summed E-state index contributed by atoms with van der Waals surface area (Å²) >= 11 is 1.33. The molecule has 0 aliphatic heterocycles. The number of aliphatic hydroxyl groups is 1. The van der Waals surface area contributed by atoms with Gasteiger partial charge in [-0.15, -0.1) is 10.2 Å². The van der Waals surface area contributed by atoms with Crippen LogP contribution in [0.4, 0.5) is 5.13 Å². The second-order valence-electron chi connectivity index (χ2n) is 5.92. The van der Waals surface area contributed by atoms with Crippen molar-refractivity contribution in [1.82, 2.24) is 10.2 Å². The number of anilines is 1. The van der Waals surface area contributed by atoms with Gasteiger partial charge in [0.2, 0.25) is 5.13 Å². The molecule has 0 spiro atoms. The number of aromatic nitrogens is 2. The average molecular weight is 317 g/mol. The van der Waals surface area contributed by atoms with E-state index in [4.69, 9.17) is 0 Å². The van der Waals surface area contributed by atoms with Crippen LogP contribution in [-0.4, -0.2) is 26.8 Å². The molecular weight excluding hydrogens is 298 g/mol. The Labute approximate surface area is 133 Å². The summed E-state index contributed by atoms with van der Waals surface area (Å²) in [5, 5.41) is 22.3. The summed E-state index contributed by atoms with van der Waals surface area (Å²) < 4.78 is 0. The summed E-state index contributed by atoms with van der Waals surface area (Å²) in [6.07, 6.45) is 2.80. The minimum atomic E-state index is -1.24. The Hall–Kier alpha value is -1.79. The van der Waals surface area contributed by atoms with Gasteiger partial charge < -0.3 is 5.11 Å². The van der Waals surface area contributed by atoms with Crippen molar-refractivity contribution < 1.29 is 9.90 Å². The van der Waals surface area contributed by atoms with Gasteiger partial charge in [-0.3, -0.25) is 10.1 Å². The Morgan fingerprint density at radius 3 is 2.68 bits per heavy atom. The lowest BCUT2D eigenvalue weighted by Gasteiger charge is -2.19. The van der Waals surface area contributed by atoms with Crippen LogP contribution in [0.1, 0.15) is 36.8 Å². The zero-order valence-electron chi connectivity index (χ0n) is 12.7. The maximum absolute atomic E-state index is 12.2. The largest absolute Gasteiger partial charge is 0.380 e. The zero-order valence-corrected chi connectivity index (χ0v) is 13.5. The maximum Gasteiger partial charge on any atom is 0.258 e. The van der Waals surface area contributed by atoms with Crippen LogP contribution >= 0.6 is 11.3 Å². The number of nitrogens with zero attached hydrogens (tertiary/aromatic N) is 2. The lowest BCUT2D eigenvalue weighted by Crippen LogP contribution is -2.40. The number of carbonyl (C=O) groups excluding carboxylic acids is 1. The molecule has 3 rings (SSSR count). The Bertz CT molecular complexity index is 705. The molecule has 0 atom stereocenters. The van der Waals surface area contributed by atoms with E-state index in [0.717, 1.165) is 29.0 Å². The van der Waals surface area contributed by atoms with E-state index < -0.39 is 5.60 Å². The topological polar surface area (TPSA) is 75.1 Å². The monoisotopic (exact) mass is 317 g/mol. The van der Waals surface area contributed by atoms with Crippen LogP contribution < -0.4 is 5.32 Å². The summed E-state index contributed by atoms with van der Waals surface area (Å²) in [6.45, 7) is 4.08. The normalized spacial score (nSPS) is 16.7. The van der Waals surface area contributed by atoms with E-state index in [0.29, 0.717) is 18.0 Å². The Morgan fingerprint density at radius 2 is 2.00 bits per heavy atom. The molecule has 6 heteroatoms. The molecule has 0 radical (unpaired) electrons. The Kier molecular flexibility index (Phi) is 3.97. The quantitative estimate of drug-likeness (QED) is 0.912. The first-order chi connectivity index (χ1) is 10.5. The highest BCUT2D eigenvalue weighted by molar-refractivity contribution is 7.18. The zero-order chi connectivity index (χ0) is 15.7. The van der Waals surface area contributed by atoms with Gasteiger partial charge >= 0.3 is 0 Å². The second-order valence-corrected chi connectivity index (χ2v) is 6.90. The van der Waals surface area contributed by atoms with Crippen LogP contribution in [0.5, 0.6) is 0 Å². The van der Waals surface area contributed by atoms with Gasteiger partial charge in [0.25, 0.3) is 5.91 Å². The first-order valence-corrected chi connectivity index (χ1v) is 8.24. The fraction of sp³-hybridized carbons (Fsp3) is 0.438. The molecule has 1 aromatic heterocycles. The third-order valence-electron chi connectivity index (χ3n) is 4.11. The van der Waals surface area contributed by atoms with Crippen LogP contribution in [0.15, 0.2) is 18.2 Å². The smallest absolute Gasteiger partial charge is 0.258 e. The molecule has 22 heavy (non-hydrogen) atoms. The first kappa shape index (κ1) is 15.1. The number of carbonyl (C=O) groups is 1. The van der Waals surface area contributed by atoms with Gasteiger partial charge in [0.15, 0.2) is 0 Å². The maximum atomic E-state index is 12.2. The Morgan fingerprint density at radius 1 is 1.27 bits per heavy atom. The van der Waals surface area contributed by atoms with Gasteiger partial charge in [0.05, 0.1) is 0 Å². The van der Waals surface area contributed by atoms with Gasteiger partial charge in [0, 0.05) is 5.56 Å². The number of hydrogen-bond acceptors (Lipinski definition) is 5.